The maximum atomic E-state index is 12.9. The van der Waals surface area contributed by atoms with E-state index in [1.165, 1.54) is 12.5 Å². The Hall–Kier alpha value is -2.10. The number of nitrogens with one attached hydrogen (secondary N) is 1. The fraction of sp³-hybridized carbons (Fsp3) is 0.545. The van der Waals surface area contributed by atoms with Gasteiger partial charge in [-0.05, 0) is 43.1 Å². The van der Waals surface area contributed by atoms with Crippen molar-refractivity contribution in [1.82, 2.24) is 9.88 Å². The SMILES string of the molecule is CCC(C)(C)C1CCC(NC(=O)c2cc(=O)n(C)c3ccccc23)CC1. The van der Waals surface area contributed by atoms with Gasteiger partial charge in [-0.15, -0.1) is 0 Å². The lowest BCUT2D eigenvalue weighted by Gasteiger charge is -2.39. The summed E-state index contributed by atoms with van der Waals surface area (Å²) in [7, 11) is 1.74. The monoisotopic (exact) mass is 354 g/mol. The van der Waals surface area contributed by atoms with Crippen molar-refractivity contribution in [3.8, 4) is 0 Å². The van der Waals surface area contributed by atoms with Crippen LogP contribution < -0.4 is 10.9 Å². The lowest BCUT2D eigenvalue weighted by molar-refractivity contribution is 0.0894. The Bertz CT molecular complexity index is 858. The van der Waals surface area contributed by atoms with Crippen molar-refractivity contribution in [2.45, 2.75) is 58.9 Å². The molecule has 1 aliphatic rings. The van der Waals surface area contributed by atoms with Crippen LogP contribution in [0.15, 0.2) is 35.1 Å². The smallest absolute Gasteiger partial charge is 0.252 e. The average molecular weight is 354 g/mol. The van der Waals surface area contributed by atoms with Gasteiger partial charge in [0.05, 0.1) is 11.1 Å². The predicted octanol–water partition coefficient (Wildman–Crippen LogP) is 4.26. The van der Waals surface area contributed by atoms with Crippen LogP contribution in [0.4, 0.5) is 0 Å². The summed E-state index contributed by atoms with van der Waals surface area (Å²) >= 11 is 0. The third-order valence-corrected chi connectivity index (χ3v) is 6.48. The van der Waals surface area contributed by atoms with Crippen LogP contribution in [0.3, 0.4) is 0 Å². The molecule has 1 fully saturated rings. The Balaban J connectivity index is 1.75. The van der Waals surface area contributed by atoms with Crippen LogP contribution in [0.5, 0.6) is 0 Å². The molecule has 3 rings (SSSR count). The predicted molar refractivity (Wildman–Crippen MR) is 106 cm³/mol. The van der Waals surface area contributed by atoms with Crippen LogP contribution in [0.1, 0.15) is 63.2 Å². The molecule has 26 heavy (non-hydrogen) atoms. The number of fused-ring (bicyclic) bond motifs is 1. The Morgan fingerprint density at radius 2 is 1.85 bits per heavy atom. The molecule has 0 aliphatic heterocycles. The topological polar surface area (TPSA) is 51.1 Å². The highest BCUT2D eigenvalue weighted by molar-refractivity contribution is 6.06. The zero-order chi connectivity index (χ0) is 18.9. The molecule has 0 spiro atoms. The molecule has 0 unspecified atom stereocenters. The number of hydrogen-bond donors (Lipinski definition) is 1. The number of amides is 1. The molecular weight excluding hydrogens is 324 g/mol. The van der Waals surface area contributed by atoms with Gasteiger partial charge in [-0.25, -0.2) is 0 Å². The number of nitrogens with zero attached hydrogens (tertiary/aromatic N) is 1. The van der Waals surface area contributed by atoms with Gasteiger partial charge in [0.25, 0.3) is 11.5 Å². The summed E-state index contributed by atoms with van der Waals surface area (Å²) in [5, 5.41) is 4.00. The third kappa shape index (κ3) is 3.55. The lowest BCUT2D eigenvalue weighted by Crippen LogP contribution is -2.40. The largest absolute Gasteiger partial charge is 0.349 e. The van der Waals surface area contributed by atoms with Gasteiger partial charge in [-0.2, -0.15) is 0 Å². The van der Waals surface area contributed by atoms with E-state index in [1.807, 2.05) is 24.3 Å². The first-order valence-electron chi connectivity index (χ1n) is 9.73. The van der Waals surface area contributed by atoms with Crippen molar-refractivity contribution in [2.24, 2.45) is 18.4 Å². The van der Waals surface area contributed by atoms with Gasteiger partial charge in [-0.3, -0.25) is 9.59 Å². The van der Waals surface area contributed by atoms with Gasteiger partial charge < -0.3 is 9.88 Å². The van der Waals surface area contributed by atoms with Gasteiger partial charge in [0.1, 0.15) is 0 Å². The summed E-state index contributed by atoms with van der Waals surface area (Å²) < 4.78 is 1.59. The van der Waals surface area contributed by atoms with Gasteiger partial charge >= 0.3 is 0 Å². The molecule has 0 bridgehead atoms. The van der Waals surface area contributed by atoms with Crippen molar-refractivity contribution in [2.75, 3.05) is 0 Å². The van der Waals surface area contributed by atoms with Gasteiger partial charge in [-0.1, -0.05) is 45.4 Å². The number of rotatable bonds is 4. The van der Waals surface area contributed by atoms with E-state index in [1.54, 1.807) is 11.6 Å². The van der Waals surface area contributed by atoms with E-state index in [2.05, 4.69) is 26.1 Å². The van der Waals surface area contributed by atoms with Crippen molar-refractivity contribution in [3.63, 3.8) is 0 Å². The van der Waals surface area contributed by atoms with E-state index < -0.39 is 0 Å². The number of carbonyl (C=O) groups is 1. The van der Waals surface area contributed by atoms with Crippen molar-refractivity contribution >= 4 is 16.8 Å². The lowest BCUT2D eigenvalue weighted by atomic mass is 9.69. The van der Waals surface area contributed by atoms with Crippen LogP contribution in [-0.4, -0.2) is 16.5 Å². The standard InChI is InChI=1S/C22H30N2O2/c1-5-22(2,3)15-10-12-16(13-11-15)23-21(26)18-14-20(25)24(4)19-9-7-6-8-17(18)19/h6-9,14-16H,5,10-13H2,1-4H3,(H,23,26). The Labute approximate surface area is 155 Å². The quantitative estimate of drug-likeness (QED) is 0.892. The Morgan fingerprint density at radius 3 is 2.50 bits per heavy atom. The van der Waals surface area contributed by atoms with E-state index >= 15 is 0 Å². The van der Waals surface area contributed by atoms with Gasteiger partial charge in [0.15, 0.2) is 0 Å². The fourth-order valence-corrected chi connectivity index (χ4v) is 4.17. The molecule has 1 saturated carbocycles. The molecule has 4 nitrogen and oxygen atoms in total. The first kappa shape index (κ1) is 18.7. The number of para-hydroxylation sites is 1. The molecule has 1 aromatic carbocycles. The van der Waals surface area contributed by atoms with Gasteiger partial charge in [0, 0.05) is 24.5 Å². The average Bonchev–Trinajstić information content (AvgIpc) is 2.65. The van der Waals surface area contributed by atoms with Crippen LogP contribution in [0.25, 0.3) is 10.9 Å². The second kappa shape index (κ2) is 7.26. The summed E-state index contributed by atoms with van der Waals surface area (Å²) in [6.45, 7) is 6.96. The molecule has 1 aliphatic carbocycles. The Morgan fingerprint density at radius 1 is 1.19 bits per heavy atom. The van der Waals surface area contributed by atoms with Crippen LogP contribution in [0, 0.1) is 11.3 Å². The molecule has 2 aromatic rings. The van der Waals surface area contributed by atoms with E-state index in [4.69, 9.17) is 0 Å². The number of carbonyl (C=O) groups excluding carboxylic acids is 1. The minimum atomic E-state index is -0.151. The molecule has 0 saturated heterocycles. The van der Waals surface area contributed by atoms with E-state index in [0.29, 0.717) is 11.0 Å². The number of aryl methyl sites for hydroxylation is 1. The highest BCUT2D eigenvalue weighted by atomic mass is 16.2. The molecule has 4 heteroatoms. The normalized spacial score (nSPS) is 20.9. The first-order chi connectivity index (χ1) is 12.3. The second-order valence-electron chi connectivity index (χ2n) is 8.34. The molecule has 0 radical (unpaired) electrons. The van der Waals surface area contributed by atoms with Crippen molar-refractivity contribution < 1.29 is 4.79 Å². The summed E-state index contributed by atoms with van der Waals surface area (Å²) in [5.41, 5.74) is 1.50. The van der Waals surface area contributed by atoms with Crippen molar-refractivity contribution in [3.05, 3.63) is 46.2 Å². The molecule has 1 aromatic heterocycles. The minimum absolute atomic E-state index is 0.128. The first-order valence-corrected chi connectivity index (χ1v) is 9.73. The highest BCUT2D eigenvalue weighted by Crippen LogP contribution is 2.40. The van der Waals surface area contributed by atoms with Crippen LogP contribution in [-0.2, 0) is 7.05 Å². The fourth-order valence-electron chi connectivity index (χ4n) is 4.17. The molecule has 1 amide bonds. The van der Waals surface area contributed by atoms with E-state index in [9.17, 15) is 9.59 Å². The van der Waals surface area contributed by atoms with E-state index in [0.717, 1.165) is 42.5 Å². The maximum absolute atomic E-state index is 12.9. The number of aromatic nitrogens is 1. The van der Waals surface area contributed by atoms with Gasteiger partial charge in [0.2, 0.25) is 0 Å². The highest BCUT2D eigenvalue weighted by Gasteiger charge is 2.32. The van der Waals surface area contributed by atoms with Crippen LogP contribution in [0.2, 0.25) is 0 Å². The zero-order valence-corrected chi connectivity index (χ0v) is 16.3. The number of benzene rings is 1. The maximum Gasteiger partial charge on any atom is 0.252 e. The van der Waals surface area contributed by atoms with E-state index in [-0.39, 0.29) is 17.5 Å². The summed E-state index contributed by atoms with van der Waals surface area (Å²) in [6.07, 6.45) is 5.53. The molecule has 0 atom stereocenters. The minimum Gasteiger partial charge on any atom is -0.349 e. The zero-order valence-electron chi connectivity index (χ0n) is 16.3. The van der Waals surface area contributed by atoms with Crippen LogP contribution >= 0.6 is 0 Å². The summed E-state index contributed by atoms with van der Waals surface area (Å²) in [6, 6.07) is 9.25. The third-order valence-electron chi connectivity index (χ3n) is 6.48. The molecule has 1 heterocycles. The molecule has 140 valence electrons. The van der Waals surface area contributed by atoms with Crippen molar-refractivity contribution in [1.29, 1.82) is 0 Å². The molecular formula is C22H30N2O2. The number of pyridine rings is 1. The Kier molecular flexibility index (Phi) is 5.22. The summed E-state index contributed by atoms with van der Waals surface area (Å²) in [5.74, 6) is 0.600. The summed E-state index contributed by atoms with van der Waals surface area (Å²) in [4.78, 5) is 25.1. The molecule has 1 N–H and O–H groups in total. The number of hydrogen-bond acceptors (Lipinski definition) is 2. The second-order valence-corrected chi connectivity index (χ2v) is 8.34.